The molecule has 2 aromatic heterocycles. The van der Waals surface area contributed by atoms with E-state index in [1.807, 2.05) is 48.0 Å². The average molecular weight is 358 g/mol. The van der Waals surface area contributed by atoms with Crippen molar-refractivity contribution < 1.29 is 8.42 Å². The van der Waals surface area contributed by atoms with Crippen LogP contribution >= 0.6 is 11.3 Å². The minimum Gasteiger partial charge on any atom is -0.256 e. The highest BCUT2D eigenvalue weighted by molar-refractivity contribution is 7.89. The molecule has 0 aliphatic rings. The van der Waals surface area contributed by atoms with Crippen molar-refractivity contribution in [1.82, 2.24) is 9.71 Å². The zero-order valence-electron chi connectivity index (χ0n) is 13.3. The molecule has 4 nitrogen and oxygen atoms in total. The third kappa shape index (κ3) is 3.90. The first-order valence-electron chi connectivity index (χ1n) is 7.64. The summed E-state index contributed by atoms with van der Waals surface area (Å²) in [5.74, 6) is 0. The Morgan fingerprint density at radius 1 is 1.08 bits per heavy atom. The van der Waals surface area contributed by atoms with Crippen LogP contribution in [0, 0.1) is 0 Å². The molecule has 0 aliphatic carbocycles. The number of nitrogens with zero attached hydrogens (tertiary/aromatic N) is 1. The molecule has 0 fully saturated rings. The van der Waals surface area contributed by atoms with Crippen LogP contribution in [0.3, 0.4) is 0 Å². The molecule has 2 heterocycles. The standard InChI is InChI=1S/C18H18N2O2S2/c1-2-14-3-5-17(6-4-14)24(21,22)20-12-15-7-9-19-18(11-15)16-8-10-23-13-16/h3-11,13,20H,2,12H2,1H3. The van der Waals surface area contributed by atoms with Crippen LogP contribution in [0.4, 0.5) is 0 Å². The van der Waals surface area contributed by atoms with Gasteiger partial charge in [-0.05, 0) is 53.3 Å². The number of aromatic nitrogens is 1. The molecule has 124 valence electrons. The van der Waals surface area contributed by atoms with Crippen LogP contribution in [0.5, 0.6) is 0 Å². The number of hydrogen-bond donors (Lipinski definition) is 1. The zero-order valence-corrected chi connectivity index (χ0v) is 14.9. The van der Waals surface area contributed by atoms with Crippen LogP contribution < -0.4 is 4.72 Å². The van der Waals surface area contributed by atoms with E-state index >= 15 is 0 Å². The summed E-state index contributed by atoms with van der Waals surface area (Å²) in [5.41, 5.74) is 3.88. The third-order valence-corrected chi connectivity index (χ3v) is 5.85. The van der Waals surface area contributed by atoms with Gasteiger partial charge >= 0.3 is 0 Å². The topological polar surface area (TPSA) is 59.1 Å². The first-order chi connectivity index (χ1) is 11.6. The normalized spacial score (nSPS) is 11.5. The van der Waals surface area contributed by atoms with Gasteiger partial charge < -0.3 is 0 Å². The minimum absolute atomic E-state index is 0.234. The second-order valence-corrected chi connectivity index (χ2v) is 7.93. The molecule has 0 aliphatic heterocycles. The zero-order chi connectivity index (χ0) is 17.0. The minimum atomic E-state index is -3.52. The molecule has 1 aromatic carbocycles. The number of pyridine rings is 1. The van der Waals surface area contributed by atoms with E-state index in [1.165, 1.54) is 0 Å². The van der Waals surface area contributed by atoms with Gasteiger partial charge in [0, 0.05) is 23.7 Å². The second kappa shape index (κ2) is 7.25. The average Bonchev–Trinajstić information content (AvgIpc) is 3.15. The SMILES string of the molecule is CCc1ccc(S(=O)(=O)NCc2ccnc(-c3ccsc3)c2)cc1. The van der Waals surface area contributed by atoms with Gasteiger partial charge in [-0.25, -0.2) is 13.1 Å². The van der Waals surface area contributed by atoms with Crippen LogP contribution in [0.1, 0.15) is 18.1 Å². The summed E-state index contributed by atoms with van der Waals surface area (Å²) in [4.78, 5) is 4.62. The summed E-state index contributed by atoms with van der Waals surface area (Å²) in [6.45, 7) is 2.27. The van der Waals surface area contributed by atoms with E-state index < -0.39 is 10.0 Å². The molecule has 0 atom stereocenters. The van der Waals surface area contributed by atoms with Gasteiger partial charge in [0.15, 0.2) is 0 Å². The van der Waals surface area contributed by atoms with Gasteiger partial charge in [-0.2, -0.15) is 11.3 Å². The van der Waals surface area contributed by atoms with Crippen LogP contribution in [-0.4, -0.2) is 13.4 Å². The fourth-order valence-corrected chi connectivity index (χ4v) is 3.99. The quantitative estimate of drug-likeness (QED) is 0.728. The lowest BCUT2D eigenvalue weighted by molar-refractivity contribution is 0.581. The van der Waals surface area contributed by atoms with E-state index in [-0.39, 0.29) is 11.4 Å². The number of nitrogens with one attached hydrogen (secondary N) is 1. The van der Waals surface area contributed by atoms with E-state index in [1.54, 1.807) is 29.7 Å². The Kier molecular flexibility index (Phi) is 5.08. The Morgan fingerprint density at radius 3 is 2.54 bits per heavy atom. The summed E-state index contributed by atoms with van der Waals surface area (Å²) < 4.78 is 27.4. The molecule has 0 spiro atoms. The molecular weight excluding hydrogens is 340 g/mol. The van der Waals surface area contributed by atoms with Gasteiger partial charge in [-0.15, -0.1) is 0 Å². The van der Waals surface area contributed by atoms with Crippen molar-refractivity contribution in [1.29, 1.82) is 0 Å². The molecule has 0 saturated carbocycles. The van der Waals surface area contributed by atoms with Gasteiger partial charge in [0.1, 0.15) is 0 Å². The van der Waals surface area contributed by atoms with Crippen molar-refractivity contribution in [3.8, 4) is 11.3 Å². The highest BCUT2D eigenvalue weighted by Crippen LogP contribution is 2.20. The predicted molar refractivity (Wildman–Crippen MR) is 97.4 cm³/mol. The van der Waals surface area contributed by atoms with E-state index in [2.05, 4.69) is 9.71 Å². The molecule has 24 heavy (non-hydrogen) atoms. The number of benzene rings is 1. The third-order valence-electron chi connectivity index (χ3n) is 3.75. The first kappa shape index (κ1) is 16.8. The number of hydrogen-bond acceptors (Lipinski definition) is 4. The maximum atomic E-state index is 12.4. The molecule has 3 rings (SSSR count). The van der Waals surface area contributed by atoms with Crippen LogP contribution in [0.2, 0.25) is 0 Å². The summed E-state index contributed by atoms with van der Waals surface area (Å²) in [7, 11) is -3.52. The lowest BCUT2D eigenvalue weighted by Gasteiger charge is -2.08. The molecule has 0 bridgehead atoms. The molecule has 0 unspecified atom stereocenters. The fourth-order valence-electron chi connectivity index (χ4n) is 2.32. The largest absolute Gasteiger partial charge is 0.256 e. The Morgan fingerprint density at radius 2 is 1.88 bits per heavy atom. The van der Waals surface area contributed by atoms with Crippen molar-refractivity contribution >= 4 is 21.4 Å². The van der Waals surface area contributed by atoms with Crippen molar-refractivity contribution in [2.75, 3.05) is 0 Å². The Balaban J connectivity index is 1.73. The molecular formula is C18H18N2O2S2. The summed E-state index contributed by atoms with van der Waals surface area (Å²) in [6, 6.07) is 12.7. The predicted octanol–water partition coefficient (Wildman–Crippen LogP) is 3.85. The van der Waals surface area contributed by atoms with Crippen LogP contribution in [0.25, 0.3) is 11.3 Å². The molecule has 0 radical (unpaired) electrons. The highest BCUT2D eigenvalue weighted by Gasteiger charge is 2.13. The fraction of sp³-hybridized carbons (Fsp3) is 0.167. The molecule has 0 amide bonds. The van der Waals surface area contributed by atoms with Gasteiger partial charge in [-0.3, -0.25) is 4.98 Å². The number of aryl methyl sites for hydroxylation is 1. The number of rotatable bonds is 6. The summed E-state index contributed by atoms with van der Waals surface area (Å²) in [6.07, 6.45) is 2.59. The molecule has 0 saturated heterocycles. The van der Waals surface area contributed by atoms with Crippen LogP contribution in [0.15, 0.2) is 64.3 Å². The van der Waals surface area contributed by atoms with Crippen molar-refractivity contribution in [2.24, 2.45) is 0 Å². The van der Waals surface area contributed by atoms with Crippen molar-refractivity contribution in [2.45, 2.75) is 24.8 Å². The molecule has 6 heteroatoms. The maximum absolute atomic E-state index is 12.4. The first-order valence-corrected chi connectivity index (χ1v) is 10.1. The highest BCUT2D eigenvalue weighted by atomic mass is 32.2. The second-order valence-electron chi connectivity index (χ2n) is 5.38. The van der Waals surface area contributed by atoms with Crippen LogP contribution in [-0.2, 0) is 23.0 Å². The molecule has 3 aromatic rings. The smallest absolute Gasteiger partial charge is 0.240 e. The Labute approximate surface area is 146 Å². The van der Waals surface area contributed by atoms with Crippen molar-refractivity contribution in [3.63, 3.8) is 0 Å². The van der Waals surface area contributed by atoms with E-state index in [0.717, 1.165) is 28.8 Å². The Hall–Kier alpha value is -2.02. The summed E-state index contributed by atoms with van der Waals surface area (Å²) in [5, 5.41) is 4.01. The number of thiophene rings is 1. The van der Waals surface area contributed by atoms with Gasteiger partial charge in [0.25, 0.3) is 0 Å². The lowest BCUT2D eigenvalue weighted by Crippen LogP contribution is -2.23. The lowest BCUT2D eigenvalue weighted by atomic mass is 10.1. The maximum Gasteiger partial charge on any atom is 0.240 e. The van der Waals surface area contributed by atoms with Gasteiger partial charge in [-0.1, -0.05) is 19.1 Å². The number of sulfonamides is 1. The Bertz CT molecular complexity index is 902. The monoisotopic (exact) mass is 358 g/mol. The van der Waals surface area contributed by atoms with E-state index in [9.17, 15) is 8.42 Å². The molecule has 1 N–H and O–H groups in total. The van der Waals surface area contributed by atoms with E-state index in [0.29, 0.717) is 0 Å². The van der Waals surface area contributed by atoms with Gasteiger partial charge in [0.2, 0.25) is 10.0 Å². The summed E-state index contributed by atoms with van der Waals surface area (Å²) >= 11 is 1.61. The van der Waals surface area contributed by atoms with Crippen molar-refractivity contribution in [3.05, 3.63) is 70.5 Å². The van der Waals surface area contributed by atoms with E-state index in [4.69, 9.17) is 0 Å². The van der Waals surface area contributed by atoms with Gasteiger partial charge in [0.05, 0.1) is 10.6 Å².